The van der Waals surface area contributed by atoms with Crippen LogP contribution in [-0.2, 0) is 0 Å². The molecule has 3 aromatic rings. The highest BCUT2D eigenvalue weighted by Crippen LogP contribution is 2.30. The lowest BCUT2D eigenvalue weighted by atomic mass is 10.2. The van der Waals surface area contributed by atoms with Gasteiger partial charge in [0, 0.05) is 36.0 Å². The number of halogens is 1. The van der Waals surface area contributed by atoms with E-state index in [4.69, 9.17) is 5.10 Å². The summed E-state index contributed by atoms with van der Waals surface area (Å²) in [4.78, 5) is 2.37. The Labute approximate surface area is 137 Å². The van der Waals surface area contributed by atoms with E-state index in [-0.39, 0.29) is 0 Å². The van der Waals surface area contributed by atoms with Crippen molar-refractivity contribution in [2.75, 3.05) is 31.1 Å². The number of anilines is 1. The van der Waals surface area contributed by atoms with Crippen LogP contribution in [-0.4, -0.2) is 36.0 Å². The average molecular weight is 357 g/mol. The summed E-state index contributed by atoms with van der Waals surface area (Å²) in [6, 6.07) is 16.7. The molecule has 0 amide bonds. The molecule has 5 heteroatoms. The van der Waals surface area contributed by atoms with Crippen LogP contribution >= 0.6 is 15.9 Å². The molecule has 22 heavy (non-hydrogen) atoms. The van der Waals surface area contributed by atoms with E-state index in [2.05, 4.69) is 56.5 Å². The van der Waals surface area contributed by atoms with Crippen molar-refractivity contribution in [3.05, 3.63) is 53.0 Å². The van der Waals surface area contributed by atoms with E-state index in [1.807, 2.05) is 22.9 Å². The molecule has 0 spiro atoms. The Bertz CT molecular complexity index is 791. The number of nitrogens with zero attached hydrogens (tertiary/aromatic N) is 3. The van der Waals surface area contributed by atoms with Crippen molar-refractivity contribution in [1.82, 2.24) is 15.1 Å². The highest BCUT2D eigenvalue weighted by Gasteiger charge is 2.19. The highest BCUT2D eigenvalue weighted by molar-refractivity contribution is 9.10. The molecule has 1 aromatic heterocycles. The van der Waals surface area contributed by atoms with Gasteiger partial charge >= 0.3 is 0 Å². The molecule has 0 bridgehead atoms. The summed E-state index contributed by atoms with van der Waals surface area (Å²) in [5.41, 5.74) is 2.22. The number of nitrogens with one attached hydrogen (secondary N) is 1. The van der Waals surface area contributed by atoms with Crippen LogP contribution in [0, 0.1) is 0 Å². The van der Waals surface area contributed by atoms with E-state index in [9.17, 15) is 0 Å². The summed E-state index contributed by atoms with van der Waals surface area (Å²) in [7, 11) is 0. The van der Waals surface area contributed by atoms with Gasteiger partial charge in [-0.3, -0.25) is 0 Å². The van der Waals surface area contributed by atoms with Crippen LogP contribution in [0.15, 0.2) is 53.0 Å². The molecule has 0 aliphatic carbocycles. The second kappa shape index (κ2) is 5.74. The molecule has 2 heterocycles. The van der Waals surface area contributed by atoms with Gasteiger partial charge in [-0.05, 0) is 30.3 Å². The van der Waals surface area contributed by atoms with Gasteiger partial charge in [0.1, 0.15) is 0 Å². The van der Waals surface area contributed by atoms with Crippen LogP contribution in [0.5, 0.6) is 0 Å². The van der Waals surface area contributed by atoms with Crippen LogP contribution in [0.3, 0.4) is 0 Å². The Morgan fingerprint density at radius 1 is 1.00 bits per heavy atom. The summed E-state index contributed by atoms with van der Waals surface area (Å²) in [6.45, 7) is 4.01. The summed E-state index contributed by atoms with van der Waals surface area (Å²) in [6.07, 6.45) is 0. The topological polar surface area (TPSA) is 33.1 Å². The van der Waals surface area contributed by atoms with Gasteiger partial charge in [0.25, 0.3) is 0 Å². The fourth-order valence-electron chi connectivity index (χ4n) is 2.95. The second-order valence-corrected chi connectivity index (χ2v) is 6.39. The summed E-state index contributed by atoms with van der Waals surface area (Å²) >= 11 is 3.58. The monoisotopic (exact) mass is 356 g/mol. The molecule has 0 atom stereocenters. The number of fused-ring (bicyclic) bond motifs is 1. The van der Waals surface area contributed by atoms with Crippen molar-refractivity contribution in [2.45, 2.75) is 0 Å². The summed E-state index contributed by atoms with van der Waals surface area (Å²) in [5, 5.41) is 9.52. The first-order chi connectivity index (χ1) is 10.8. The molecule has 1 saturated heterocycles. The Hall–Kier alpha value is -1.85. The number of aromatic nitrogens is 2. The number of rotatable bonds is 2. The van der Waals surface area contributed by atoms with Crippen molar-refractivity contribution in [3.8, 4) is 5.69 Å². The third kappa shape index (κ3) is 2.40. The van der Waals surface area contributed by atoms with E-state index < -0.39 is 0 Å². The molecule has 1 aliphatic rings. The molecule has 0 saturated carbocycles. The minimum Gasteiger partial charge on any atom is -0.352 e. The Morgan fingerprint density at radius 2 is 1.77 bits per heavy atom. The fourth-order valence-corrected chi connectivity index (χ4v) is 3.30. The lowest BCUT2D eigenvalue weighted by molar-refractivity contribution is 0.584. The molecular weight excluding hydrogens is 340 g/mol. The van der Waals surface area contributed by atoms with Crippen LogP contribution in [0.1, 0.15) is 0 Å². The van der Waals surface area contributed by atoms with Gasteiger partial charge in [-0.25, -0.2) is 4.68 Å². The molecule has 0 radical (unpaired) electrons. The SMILES string of the molecule is Brc1ccc2c(N3CCNCC3)nn(-c3ccccc3)c2c1. The van der Waals surface area contributed by atoms with Gasteiger partial charge in [0.2, 0.25) is 0 Å². The van der Waals surface area contributed by atoms with Crippen molar-refractivity contribution in [2.24, 2.45) is 0 Å². The Morgan fingerprint density at radius 3 is 2.55 bits per heavy atom. The van der Waals surface area contributed by atoms with Gasteiger partial charge in [0.15, 0.2) is 5.82 Å². The van der Waals surface area contributed by atoms with E-state index in [1.54, 1.807) is 0 Å². The average Bonchev–Trinajstić information content (AvgIpc) is 2.95. The van der Waals surface area contributed by atoms with Gasteiger partial charge in [-0.2, -0.15) is 0 Å². The van der Waals surface area contributed by atoms with Crippen molar-refractivity contribution in [3.63, 3.8) is 0 Å². The second-order valence-electron chi connectivity index (χ2n) is 5.47. The molecule has 1 N–H and O–H groups in total. The normalized spacial score (nSPS) is 15.4. The molecule has 4 rings (SSSR count). The number of hydrogen-bond acceptors (Lipinski definition) is 3. The van der Waals surface area contributed by atoms with Gasteiger partial charge in [-0.15, -0.1) is 5.10 Å². The van der Waals surface area contributed by atoms with Gasteiger partial charge < -0.3 is 10.2 Å². The van der Waals surface area contributed by atoms with Crippen LogP contribution in [0.4, 0.5) is 5.82 Å². The van der Waals surface area contributed by atoms with Crippen LogP contribution in [0.2, 0.25) is 0 Å². The first-order valence-corrected chi connectivity index (χ1v) is 8.31. The minimum atomic E-state index is 0.997. The molecule has 2 aromatic carbocycles. The zero-order valence-electron chi connectivity index (χ0n) is 12.2. The standard InChI is InChI=1S/C17H17BrN4/c18-13-6-7-15-16(12-13)22(14-4-2-1-3-5-14)20-17(15)21-10-8-19-9-11-21/h1-7,12,19H,8-11H2. The summed E-state index contributed by atoms with van der Waals surface area (Å²) in [5.74, 6) is 1.08. The lowest BCUT2D eigenvalue weighted by Crippen LogP contribution is -2.43. The maximum Gasteiger partial charge on any atom is 0.159 e. The quantitative estimate of drug-likeness (QED) is 0.765. The molecule has 112 valence electrons. The lowest BCUT2D eigenvalue weighted by Gasteiger charge is -2.27. The van der Waals surface area contributed by atoms with E-state index >= 15 is 0 Å². The maximum absolute atomic E-state index is 4.92. The third-order valence-corrected chi connectivity index (χ3v) is 4.53. The Balaban J connectivity index is 1.91. The zero-order chi connectivity index (χ0) is 14.9. The number of piperazine rings is 1. The smallest absolute Gasteiger partial charge is 0.159 e. The number of benzene rings is 2. The van der Waals surface area contributed by atoms with Crippen LogP contribution in [0.25, 0.3) is 16.6 Å². The third-order valence-electron chi connectivity index (χ3n) is 4.04. The summed E-state index contributed by atoms with van der Waals surface area (Å²) < 4.78 is 3.11. The molecule has 1 fully saturated rings. The highest BCUT2D eigenvalue weighted by atomic mass is 79.9. The predicted molar refractivity (Wildman–Crippen MR) is 93.9 cm³/mol. The molecule has 4 nitrogen and oxygen atoms in total. The van der Waals surface area contributed by atoms with Crippen molar-refractivity contribution < 1.29 is 0 Å². The number of hydrogen-bond donors (Lipinski definition) is 1. The zero-order valence-corrected chi connectivity index (χ0v) is 13.8. The van der Waals surface area contributed by atoms with E-state index in [1.165, 1.54) is 5.39 Å². The largest absolute Gasteiger partial charge is 0.352 e. The minimum absolute atomic E-state index is 0.997. The van der Waals surface area contributed by atoms with Gasteiger partial charge in [0.05, 0.1) is 11.2 Å². The molecule has 1 aliphatic heterocycles. The van der Waals surface area contributed by atoms with E-state index in [0.29, 0.717) is 0 Å². The van der Waals surface area contributed by atoms with Gasteiger partial charge in [-0.1, -0.05) is 34.1 Å². The maximum atomic E-state index is 4.92. The molecule has 0 unspecified atom stereocenters. The van der Waals surface area contributed by atoms with Crippen molar-refractivity contribution >= 4 is 32.7 Å². The van der Waals surface area contributed by atoms with Crippen molar-refractivity contribution in [1.29, 1.82) is 0 Å². The number of para-hydroxylation sites is 1. The predicted octanol–water partition coefficient (Wildman–Crippen LogP) is 3.20. The fraction of sp³-hybridized carbons (Fsp3) is 0.235. The molecular formula is C17H17BrN4. The van der Waals surface area contributed by atoms with E-state index in [0.717, 1.165) is 47.7 Å². The Kier molecular flexibility index (Phi) is 3.60. The first kappa shape index (κ1) is 13.8. The van der Waals surface area contributed by atoms with Crippen LogP contribution < -0.4 is 10.2 Å². The first-order valence-electron chi connectivity index (χ1n) is 7.52.